The Hall–Kier alpha value is -1.02. The van der Waals surface area contributed by atoms with E-state index in [-0.39, 0.29) is 16.9 Å². The molecule has 0 radical (unpaired) electrons. The van der Waals surface area contributed by atoms with Crippen molar-refractivity contribution in [3.05, 3.63) is 29.8 Å². The number of ether oxygens (including phenoxy) is 1. The number of hydrogen-bond donors (Lipinski definition) is 1. The van der Waals surface area contributed by atoms with Gasteiger partial charge in [-0.2, -0.15) is 0 Å². The first-order valence-corrected chi connectivity index (χ1v) is 6.62. The summed E-state index contributed by atoms with van der Waals surface area (Å²) in [5.74, 6) is 0.897. The Labute approximate surface area is 112 Å². The van der Waals surface area contributed by atoms with Crippen LogP contribution in [0.25, 0.3) is 0 Å². The summed E-state index contributed by atoms with van der Waals surface area (Å²) >= 11 is 0. The Morgan fingerprint density at radius 1 is 1.00 bits per heavy atom. The second-order valence-electron chi connectivity index (χ2n) is 6.98. The molecule has 1 rings (SSSR count). The Balaban J connectivity index is 2.81. The zero-order valence-corrected chi connectivity index (χ0v) is 12.6. The highest BCUT2D eigenvalue weighted by Crippen LogP contribution is 2.27. The average Bonchev–Trinajstić information content (AvgIpc) is 2.23. The SMILES string of the molecule is CC(C)(C)c1ccc(OC(CN)C(C)(C)C)cc1. The van der Waals surface area contributed by atoms with Crippen LogP contribution in [0.5, 0.6) is 5.75 Å². The van der Waals surface area contributed by atoms with Crippen molar-refractivity contribution < 1.29 is 4.74 Å². The van der Waals surface area contributed by atoms with Crippen molar-refractivity contribution in [3.63, 3.8) is 0 Å². The Morgan fingerprint density at radius 3 is 1.83 bits per heavy atom. The highest BCUT2D eigenvalue weighted by Gasteiger charge is 2.25. The fraction of sp³-hybridized carbons (Fsp3) is 0.625. The fourth-order valence-electron chi connectivity index (χ4n) is 1.78. The van der Waals surface area contributed by atoms with Crippen LogP contribution in [0.2, 0.25) is 0 Å². The minimum absolute atomic E-state index is 0.0398. The van der Waals surface area contributed by atoms with Crippen molar-refractivity contribution in [2.24, 2.45) is 11.1 Å². The lowest BCUT2D eigenvalue weighted by molar-refractivity contribution is 0.0941. The molecule has 18 heavy (non-hydrogen) atoms. The molecule has 0 fully saturated rings. The van der Waals surface area contributed by atoms with Gasteiger partial charge < -0.3 is 10.5 Å². The monoisotopic (exact) mass is 249 g/mol. The second-order valence-corrected chi connectivity index (χ2v) is 6.98. The predicted molar refractivity (Wildman–Crippen MR) is 78.1 cm³/mol. The molecule has 0 aliphatic heterocycles. The third kappa shape index (κ3) is 4.02. The van der Waals surface area contributed by atoms with Gasteiger partial charge in [0, 0.05) is 12.0 Å². The standard InChI is InChI=1S/C16H27NO/c1-15(2,3)12-7-9-13(10-8-12)18-14(11-17)16(4,5)6/h7-10,14H,11,17H2,1-6H3. The van der Waals surface area contributed by atoms with Crippen LogP contribution >= 0.6 is 0 Å². The molecule has 0 aliphatic rings. The van der Waals surface area contributed by atoms with Crippen molar-refractivity contribution in [1.82, 2.24) is 0 Å². The maximum atomic E-state index is 5.97. The van der Waals surface area contributed by atoms with Crippen LogP contribution in [0.15, 0.2) is 24.3 Å². The molecule has 0 bridgehead atoms. The maximum absolute atomic E-state index is 5.97. The van der Waals surface area contributed by atoms with Crippen molar-refractivity contribution in [2.75, 3.05) is 6.54 Å². The second kappa shape index (κ2) is 5.31. The molecule has 2 heteroatoms. The molecule has 1 aromatic carbocycles. The molecular formula is C16H27NO. The molecule has 2 nitrogen and oxygen atoms in total. The van der Waals surface area contributed by atoms with E-state index in [1.165, 1.54) is 5.56 Å². The minimum atomic E-state index is 0.0398. The van der Waals surface area contributed by atoms with Crippen molar-refractivity contribution in [3.8, 4) is 5.75 Å². The summed E-state index contributed by atoms with van der Waals surface area (Å²) in [5.41, 5.74) is 7.33. The average molecular weight is 249 g/mol. The van der Waals surface area contributed by atoms with Crippen LogP contribution in [0.1, 0.15) is 47.1 Å². The van der Waals surface area contributed by atoms with Gasteiger partial charge in [0.15, 0.2) is 0 Å². The van der Waals surface area contributed by atoms with E-state index in [0.29, 0.717) is 6.54 Å². The molecule has 0 saturated carbocycles. The van der Waals surface area contributed by atoms with Crippen LogP contribution in [0.4, 0.5) is 0 Å². The van der Waals surface area contributed by atoms with Crippen LogP contribution in [-0.2, 0) is 5.41 Å². The van der Waals surface area contributed by atoms with Gasteiger partial charge in [-0.25, -0.2) is 0 Å². The van der Waals surface area contributed by atoms with E-state index in [4.69, 9.17) is 10.5 Å². The van der Waals surface area contributed by atoms with Crippen LogP contribution < -0.4 is 10.5 Å². The predicted octanol–water partition coefficient (Wildman–Crippen LogP) is 3.74. The number of hydrogen-bond acceptors (Lipinski definition) is 2. The van der Waals surface area contributed by atoms with Gasteiger partial charge in [-0.15, -0.1) is 0 Å². The Morgan fingerprint density at radius 2 is 1.50 bits per heavy atom. The van der Waals surface area contributed by atoms with Crippen molar-refractivity contribution in [2.45, 2.75) is 53.1 Å². The summed E-state index contributed by atoms with van der Waals surface area (Å²) in [7, 11) is 0. The van der Waals surface area contributed by atoms with Crippen LogP contribution in [-0.4, -0.2) is 12.6 Å². The molecular weight excluding hydrogens is 222 g/mol. The van der Waals surface area contributed by atoms with Gasteiger partial charge in [0.1, 0.15) is 11.9 Å². The van der Waals surface area contributed by atoms with Crippen LogP contribution in [0.3, 0.4) is 0 Å². The molecule has 0 aliphatic carbocycles. The van der Waals surface area contributed by atoms with Crippen LogP contribution in [0, 0.1) is 5.41 Å². The molecule has 0 spiro atoms. The first kappa shape index (κ1) is 15.0. The van der Waals surface area contributed by atoms with E-state index >= 15 is 0 Å². The summed E-state index contributed by atoms with van der Waals surface area (Å²) in [5, 5.41) is 0. The number of nitrogens with two attached hydrogens (primary N) is 1. The molecule has 0 saturated heterocycles. The van der Waals surface area contributed by atoms with E-state index in [9.17, 15) is 0 Å². The fourth-order valence-corrected chi connectivity index (χ4v) is 1.78. The number of rotatable bonds is 3. The summed E-state index contributed by atoms with van der Waals surface area (Å²) < 4.78 is 5.97. The lowest BCUT2D eigenvalue weighted by atomic mass is 9.87. The maximum Gasteiger partial charge on any atom is 0.119 e. The lowest BCUT2D eigenvalue weighted by Crippen LogP contribution is -2.38. The van der Waals surface area contributed by atoms with Gasteiger partial charge in [0.05, 0.1) is 0 Å². The van der Waals surface area contributed by atoms with Gasteiger partial charge >= 0.3 is 0 Å². The third-order valence-electron chi connectivity index (χ3n) is 3.18. The highest BCUT2D eigenvalue weighted by molar-refractivity contribution is 5.31. The largest absolute Gasteiger partial charge is 0.489 e. The van der Waals surface area contributed by atoms with E-state index in [1.54, 1.807) is 0 Å². The topological polar surface area (TPSA) is 35.2 Å². The molecule has 2 N–H and O–H groups in total. The normalized spacial score (nSPS) is 14.4. The molecule has 0 aromatic heterocycles. The smallest absolute Gasteiger partial charge is 0.119 e. The van der Waals surface area contributed by atoms with Gasteiger partial charge in [0.25, 0.3) is 0 Å². The van der Waals surface area contributed by atoms with Gasteiger partial charge in [-0.3, -0.25) is 0 Å². The minimum Gasteiger partial charge on any atom is -0.489 e. The summed E-state index contributed by atoms with van der Waals surface area (Å²) in [6, 6.07) is 8.33. The van der Waals surface area contributed by atoms with E-state index in [0.717, 1.165) is 5.75 Å². The first-order chi connectivity index (χ1) is 8.14. The third-order valence-corrected chi connectivity index (χ3v) is 3.18. The molecule has 102 valence electrons. The lowest BCUT2D eigenvalue weighted by Gasteiger charge is -2.30. The molecule has 1 aromatic rings. The zero-order valence-electron chi connectivity index (χ0n) is 12.6. The van der Waals surface area contributed by atoms with Gasteiger partial charge in [-0.05, 0) is 23.1 Å². The molecule has 0 amide bonds. The first-order valence-electron chi connectivity index (χ1n) is 6.62. The Kier molecular flexibility index (Phi) is 4.44. The van der Waals surface area contributed by atoms with Gasteiger partial charge in [-0.1, -0.05) is 53.7 Å². The van der Waals surface area contributed by atoms with E-state index in [1.807, 2.05) is 12.1 Å². The summed E-state index contributed by atoms with van der Waals surface area (Å²) in [6.45, 7) is 13.6. The quantitative estimate of drug-likeness (QED) is 0.885. The highest BCUT2D eigenvalue weighted by atomic mass is 16.5. The van der Waals surface area contributed by atoms with Crippen molar-refractivity contribution in [1.29, 1.82) is 0 Å². The number of benzene rings is 1. The Bertz CT molecular complexity index is 368. The van der Waals surface area contributed by atoms with Crippen molar-refractivity contribution >= 4 is 0 Å². The van der Waals surface area contributed by atoms with Gasteiger partial charge in [0.2, 0.25) is 0 Å². The zero-order chi connectivity index (χ0) is 14.0. The molecule has 1 atom stereocenters. The van der Waals surface area contributed by atoms with E-state index < -0.39 is 0 Å². The van der Waals surface area contributed by atoms with E-state index in [2.05, 4.69) is 53.7 Å². The molecule has 1 unspecified atom stereocenters. The summed E-state index contributed by atoms with van der Waals surface area (Å²) in [4.78, 5) is 0. The molecule has 0 heterocycles. The summed E-state index contributed by atoms with van der Waals surface area (Å²) in [6.07, 6.45) is 0.0398.